The van der Waals surface area contributed by atoms with E-state index in [0.29, 0.717) is 17.9 Å². The van der Waals surface area contributed by atoms with Crippen LogP contribution in [0.3, 0.4) is 0 Å². The highest BCUT2D eigenvalue weighted by Gasteiger charge is 2.16. The molecule has 0 amide bonds. The van der Waals surface area contributed by atoms with Gasteiger partial charge in [-0.2, -0.15) is 0 Å². The van der Waals surface area contributed by atoms with Gasteiger partial charge in [-0.05, 0) is 83.3 Å². The zero-order valence-electron chi connectivity index (χ0n) is 18.5. The van der Waals surface area contributed by atoms with E-state index in [1.165, 1.54) is 11.1 Å². The predicted octanol–water partition coefficient (Wildman–Crippen LogP) is 7.26. The molecule has 2 N–H and O–H groups in total. The fourth-order valence-electron chi connectivity index (χ4n) is 4.34. The lowest BCUT2D eigenvalue weighted by molar-refractivity contribution is 0.459. The second-order valence-electron chi connectivity index (χ2n) is 8.30. The molecule has 31 heavy (non-hydrogen) atoms. The highest BCUT2D eigenvalue weighted by Crippen LogP contribution is 2.38. The number of aromatic hydroxyl groups is 2. The Morgan fingerprint density at radius 3 is 1.26 bits per heavy atom. The van der Waals surface area contributed by atoms with Gasteiger partial charge < -0.3 is 10.2 Å². The molecule has 4 rings (SSSR count). The number of benzene rings is 4. The van der Waals surface area contributed by atoms with E-state index in [1.54, 1.807) is 0 Å². The third-order valence-electron chi connectivity index (χ3n) is 6.28. The molecule has 0 heterocycles. The van der Waals surface area contributed by atoms with Gasteiger partial charge in [0.15, 0.2) is 0 Å². The van der Waals surface area contributed by atoms with Crippen LogP contribution in [0.25, 0.3) is 22.3 Å². The third-order valence-corrected chi connectivity index (χ3v) is 6.28. The van der Waals surface area contributed by atoms with Crippen molar-refractivity contribution in [3.8, 4) is 33.8 Å². The molecule has 0 aliphatic rings. The lowest BCUT2D eigenvalue weighted by atomic mass is 9.90. The fourth-order valence-corrected chi connectivity index (χ4v) is 4.34. The van der Waals surface area contributed by atoms with Crippen LogP contribution in [0, 0.1) is 27.7 Å². The summed E-state index contributed by atoms with van der Waals surface area (Å²) in [4.78, 5) is 0. The molecular formula is C29H28O2. The summed E-state index contributed by atoms with van der Waals surface area (Å²) in [5.41, 5.74) is 10.0. The Bertz CT molecular complexity index is 1170. The van der Waals surface area contributed by atoms with Crippen molar-refractivity contribution in [1.29, 1.82) is 0 Å². The molecule has 0 aromatic heterocycles. The van der Waals surface area contributed by atoms with Gasteiger partial charge in [0.2, 0.25) is 0 Å². The van der Waals surface area contributed by atoms with Crippen LogP contribution >= 0.6 is 0 Å². The molecule has 0 saturated carbocycles. The first kappa shape index (κ1) is 20.7. The quantitative estimate of drug-likeness (QED) is 0.373. The molecule has 2 heteroatoms. The summed E-state index contributed by atoms with van der Waals surface area (Å²) in [5, 5.41) is 21.9. The highest BCUT2D eigenvalue weighted by molar-refractivity contribution is 5.75. The lowest BCUT2D eigenvalue weighted by Crippen LogP contribution is -1.96. The van der Waals surface area contributed by atoms with E-state index in [-0.39, 0.29) is 0 Å². The van der Waals surface area contributed by atoms with E-state index in [1.807, 2.05) is 50.2 Å². The standard InChI is InChI=1S/C29H28O2/c1-18-9-5-7-11-24(18)26-15-13-22(28(30)20(26)3)17-23-14-16-27(21(4)29(23)31)25-12-8-6-10-19(25)2/h5-16,30-31H,17H2,1-4H3. The molecule has 0 spiro atoms. The molecule has 0 radical (unpaired) electrons. The summed E-state index contributed by atoms with van der Waals surface area (Å²) in [6.07, 6.45) is 0.474. The lowest BCUT2D eigenvalue weighted by Gasteiger charge is -2.16. The predicted molar refractivity (Wildman–Crippen MR) is 129 cm³/mol. The normalized spacial score (nSPS) is 11.0. The van der Waals surface area contributed by atoms with Crippen molar-refractivity contribution in [1.82, 2.24) is 0 Å². The van der Waals surface area contributed by atoms with E-state index >= 15 is 0 Å². The smallest absolute Gasteiger partial charge is 0.122 e. The number of aryl methyl sites for hydroxylation is 2. The maximum atomic E-state index is 10.9. The second-order valence-corrected chi connectivity index (χ2v) is 8.30. The molecule has 4 aromatic rings. The molecule has 4 aromatic carbocycles. The van der Waals surface area contributed by atoms with Crippen molar-refractivity contribution in [3.05, 3.63) is 106 Å². The van der Waals surface area contributed by atoms with Crippen molar-refractivity contribution in [2.24, 2.45) is 0 Å². The molecule has 0 aliphatic carbocycles. The largest absolute Gasteiger partial charge is 0.507 e. The SMILES string of the molecule is Cc1ccccc1-c1ccc(Cc2ccc(-c3ccccc3C)c(C)c2O)c(O)c1C. The summed E-state index contributed by atoms with van der Waals surface area (Å²) in [6.45, 7) is 8.06. The second kappa shape index (κ2) is 8.31. The molecular weight excluding hydrogens is 380 g/mol. The molecule has 0 aliphatic heterocycles. The molecule has 0 atom stereocenters. The van der Waals surface area contributed by atoms with Gasteiger partial charge in [0.1, 0.15) is 11.5 Å². The van der Waals surface area contributed by atoms with Crippen LogP contribution in [0.15, 0.2) is 72.8 Å². The third kappa shape index (κ3) is 3.82. The number of rotatable bonds is 4. The summed E-state index contributed by atoms with van der Waals surface area (Å²) >= 11 is 0. The molecule has 0 fully saturated rings. The van der Waals surface area contributed by atoms with Crippen molar-refractivity contribution in [2.75, 3.05) is 0 Å². The monoisotopic (exact) mass is 408 g/mol. The van der Waals surface area contributed by atoms with E-state index in [0.717, 1.165) is 44.5 Å². The summed E-state index contributed by atoms with van der Waals surface area (Å²) < 4.78 is 0. The van der Waals surface area contributed by atoms with Gasteiger partial charge in [-0.3, -0.25) is 0 Å². The van der Waals surface area contributed by atoms with Crippen LogP contribution in [-0.4, -0.2) is 10.2 Å². The minimum Gasteiger partial charge on any atom is -0.507 e. The first-order chi connectivity index (χ1) is 14.9. The van der Waals surface area contributed by atoms with Crippen LogP contribution in [0.4, 0.5) is 0 Å². The number of phenols is 2. The Kier molecular flexibility index (Phi) is 5.56. The van der Waals surface area contributed by atoms with Crippen LogP contribution in [0.5, 0.6) is 11.5 Å². The summed E-state index contributed by atoms with van der Waals surface area (Å²) in [5.74, 6) is 0.585. The Morgan fingerprint density at radius 2 is 0.871 bits per heavy atom. The first-order valence-corrected chi connectivity index (χ1v) is 10.6. The molecule has 0 unspecified atom stereocenters. The molecule has 2 nitrogen and oxygen atoms in total. The Balaban J connectivity index is 1.70. The molecule has 0 bridgehead atoms. The maximum Gasteiger partial charge on any atom is 0.122 e. The van der Waals surface area contributed by atoms with Crippen LogP contribution in [-0.2, 0) is 6.42 Å². The van der Waals surface area contributed by atoms with Crippen molar-refractivity contribution in [3.63, 3.8) is 0 Å². The number of phenolic OH excluding ortho intramolecular Hbond substituents is 2. The van der Waals surface area contributed by atoms with E-state index in [9.17, 15) is 10.2 Å². The Labute approximate surface area is 184 Å². The average molecular weight is 409 g/mol. The van der Waals surface area contributed by atoms with Crippen LogP contribution in [0.1, 0.15) is 33.4 Å². The maximum absolute atomic E-state index is 10.9. The summed E-state index contributed by atoms with van der Waals surface area (Å²) in [7, 11) is 0. The van der Waals surface area contributed by atoms with Gasteiger partial charge in [0, 0.05) is 6.42 Å². The minimum atomic E-state index is 0.292. The van der Waals surface area contributed by atoms with Gasteiger partial charge in [-0.15, -0.1) is 0 Å². The average Bonchev–Trinajstić information content (AvgIpc) is 2.76. The Morgan fingerprint density at radius 1 is 0.484 bits per heavy atom. The zero-order chi connectivity index (χ0) is 22.1. The zero-order valence-corrected chi connectivity index (χ0v) is 18.5. The van der Waals surface area contributed by atoms with Crippen LogP contribution < -0.4 is 0 Å². The molecule has 156 valence electrons. The van der Waals surface area contributed by atoms with Gasteiger partial charge >= 0.3 is 0 Å². The van der Waals surface area contributed by atoms with Crippen molar-refractivity contribution >= 4 is 0 Å². The van der Waals surface area contributed by atoms with Crippen LogP contribution in [0.2, 0.25) is 0 Å². The van der Waals surface area contributed by atoms with E-state index in [2.05, 4.69) is 50.2 Å². The Hall–Kier alpha value is -3.52. The summed E-state index contributed by atoms with van der Waals surface area (Å²) in [6, 6.07) is 24.5. The number of hydrogen-bond acceptors (Lipinski definition) is 2. The van der Waals surface area contributed by atoms with Gasteiger partial charge in [0.25, 0.3) is 0 Å². The number of hydrogen-bond donors (Lipinski definition) is 2. The molecule has 0 saturated heterocycles. The van der Waals surface area contributed by atoms with Gasteiger partial charge in [-0.1, -0.05) is 72.8 Å². The van der Waals surface area contributed by atoms with E-state index in [4.69, 9.17) is 0 Å². The van der Waals surface area contributed by atoms with Crippen molar-refractivity contribution < 1.29 is 10.2 Å². The topological polar surface area (TPSA) is 40.5 Å². The minimum absolute atomic E-state index is 0.292. The first-order valence-electron chi connectivity index (χ1n) is 10.6. The van der Waals surface area contributed by atoms with Crippen molar-refractivity contribution in [2.45, 2.75) is 34.1 Å². The highest BCUT2D eigenvalue weighted by atomic mass is 16.3. The van der Waals surface area contributed by atoms with Gasteiger partial charge in [-0.25, -0.2) is 0 Å². The van der Waals surface area contributed by atoms with E-state index < -0.39 is 0 Å². The van der Waals surface area contributed by atoms with Gasteiger partial charge in [0.05, 0.1) is 0 Å². The fraction of sp³-hybridized carbons (Fsp3) is 0.172.